The molecule has 4 nitrogen and oxygen atoms in total. The highest BCUT2D eigenvalue weighted by Crippen LogP contribution is 2.39. The Hall–Kier alpha value is -2.59. The first kappa shape index (κ1) is 27.0. The highest BCUT2D eigenvalue weighted by atomic mass is 19.4. The summed E-state index contributed by atoms with van der Waals surface area (Å²) in [7, 11) is 0. The van der Waals surface area contributed by atoms with E-state index >= 15 is 0 Å². The number of halogens is 6. The van der Waals surface area contributed by atoms with E-state index in [9.17, 15) is 31.1 Å². The predicted molar refractivity (Wildman–Crippen MR) is 118 cm³/mol. The maximum absolute atomic E-state index is 13.3. The van der Waals surface area contributed by atoms with Crippen LogP contribution >= 0.6 is 0 Å². The van der Waals surface area contributed by atoms with E-state index in [4.69, 9.17) is 10.5 Å². The van der Waals surface area contributed by atoms with Crippen LogP contribution in [0.4, 0.5) is 26.3 Å². The van der Waals surface area contributed by atoms with Crippen molar-refractivity contribution in [2.24, 2.45) is 11.7 Å². The van der Waals surface area contributed by atoms with Gasteiger partial charge in [-0.15, -0.1) is 0 Å². The Morgan fingerprint density at radius 1 is 1.09 bits per heavy atom. The number of nitrogens with one attached hydrogen (secondary N) is 1. The van der Waals surface area contributed by atoms with Crippen molar-refractivity contribution < 1.29 is 35.9 Å². The van der Waals surface area contributed by atoms with Crippen molar-refractivity contribution in [1.82, 2.24) is 5.32 Å². The zero-order chi connectivity index (χ0) is 25.9. The number of carbonyl (C=O) groups excluding carboxylic acids is 1. The highest BCUT2D eigenvalue weighted by Gasteiger charge is 2.39. The number of ether oxygens (including phenoxy) is 1. The molecule has 2 aromatic rings. The minimum atomic E-state index is -4.92. The lowest BCUT2D eigenvalue weighted by atomic mass is 9.78. The summed E-state index contributed by atoms with van der Waals surface area (Å²) in [6, 6.07) is 10.9. The van der Waals surface area contributed by atoms with Gasteiger partial charge in [0.1, 0.15) is 0 Å². The Morgan fingerprint density at radius 3 is 2.17 bits per heavy atom. The summed E-state index contributed by atoms with van der Waals surface area (Å²) in [6.07, 6.45) is -8.59. The van der Waals surface area contributed by atoms with Gasteiger partial charge in [0.15, 0.2) is 0 Å². The third-order valence-electron chi connectivity index (χ3n) is 6.49. The van der Waals surface area contributed by atoms with Crippen LogP contribution in [0.2, 0.25) is 0 Å². The van der Waals surface area contributed by atoms with Gasteiger partial charge in [-0.05, 0) is 68.0 Å². The van der Waals surface area contributed by atoms with E-state index in [-0.39, 0.29) is 36.5 Å². The summed E-state index contributed by atoms with van der Waals surface area (Å²) in [6.45, 7) is 2.05. The molecule has 192 valence electrons. The molecule has 2 aromatic carbocycles. The smallest absolute Gasteiger partial charge is 0.372 e. The molecular formula is C25H28F6N2O2. The van der Waals surface area contributed by atoms with E-state index in [1.807, 2.05) is 30.3 Å². The summed E-state index contributed by atoms with van der Waals surface area (Å²) >= 11 is 0. The van der Waals surface area contributed by atoms with Crippen molar-refractivity contribution in [3.05, 3.63) is 70.8 Å². The molecule has 1 fully saturated rings. The van der Waals surface area contributed by atoms with Crippen LogP contribution in [0.1, 0.15) is 61.0 Å². The number of primary amides is 1. The molecule has 0 bridgehead atoms. The van der Waals surface area contributed by atoms with Gasteiger partial charge < -0.3 is 15.8 Å². The van der Waals surface area contributed by atoms with E-state index < -0.39 is 35.1 Å². The molecule has 0 saturated carbocycles. The fourth-order valence-electron chi connectivity index (χ4n) is 4.36. The van der Waals surface area contributed by atoms with E-state index in [1.165, 1.54) is 6.92 Å². The van der Waals surface area contributed by atoms with Gasteiger partial charge in [-0.25, -0.2) is 0 Å². The third-order valence-corrected chi connectivity index (χ3v) is 6.49. The number of amides is 1. The number of benzene rings is 2. The first-order valence-electron chi connectivity index (χ1n) is 11.3. The van der Waals surface area contributed by atoms with Gasteiger partial charge in [-0.3, -0.25) is 4.79 Å². The maximum atomic E-state index is 13.3. The Bertz CT molecular complexity index is 967. The SMILES string of the molecule is C[C@@H](OC[C@@]1(c2ccccc2)CCC(CCC(N)=O)CN1)c1cc(C(F)(F)F)cc(C(F)(F)F)c1. The molecule has 1 aliphatic rings. The Morgan fingerprint density at radius 2 is 1.69 bits per heavy atom. The van der Waals surface area contributed by atoms with Crippen molar-refractivity contribution in [1.29, 1.82) is 0 Å². The molecule has 0 spiro atoms. The van der Waals surface area contributed by atoms with Crippen LogP contribution in [0.25, 0.3) is 0 Å². The van der Waals surface area contributed by atoms with Gasteiger partial charge in [0, 0.05) is 6.42 Å². The van der Waals surface area contributed by atoms with Crippen LogP contribution in [0.5, 0.6) is 0 Å². The van der Waals surface area contributed by atoms with E-state index in [0.717, 1.165) is 12.0 Å². The van der Waals surface area contributed by atoms with Crippen molar-refractivity contribution in [3.8, 4) is 0 Å². The normalized spacial score (nSPS) is 22.1. The largest absolute Gasteiger partial charge is 0.416 e. The number of nitrogens with two attached hydrogens (primary N) is 1. The molecule has 0 aliphatic carbocycles. The number of hydrogen-bond donors (Lipinski definition) is 2. The first-order chi connectivity index (χ1) is 16.3. The van der Waals surface area contributed by atoms with Gasteiger partial charge in [0.2, 0.25) is 5.91 Å². The first-order valence-corrected chi connectivity index (χ1v) is 11.3. The summed E-state index contributed by atoms with van der Waals surface area (Å²) in [5.41, 5.74) is 2.53. The number of piperidine rings is 1. The van der Waals surface area contributed by atoms with Gasteiger partial charge in [0.05, 0.1) is 29.4 Å². The van der Waals surface area contributed by atoms with Crippen LogP contribution in [0, 0.1) is 5.92 Å². The molecule has 3 atom stereocenters. The Kier molecular flexibility index (Phi) is 8.16. The number of hydrogen-bond acceptors (Lipinski definition) is 3. The molecule has 1 aliphatic heterocycles. The Labute approximate surface area is 199 Å². The lowest BCUT2D eigenvalue weighted by Crippen LogP contribution is -2.52. The maximum Gasteiger partial charge on any atom is 0.416 e. The molecule has 1 saturated heterocycles. The van der Waals surface area contributed by atoms with Crippen LogP contribution in [-0.2, 0) is 27.4 Å². The van der Waals surface area contributed by atoms with Gasteiger partial charge in [-0.1, -0.05) is 30.3 Å². The summed E-state index contributed by atoms with van der Waals surface area (Å²) in [4.78, 5) is 11.1. The zero-order valence-electron chi connectivity index (χ0n) is 19.2. The second-order valence-corrected chi connectivity index (χ2v) is 9.03. The average molecular weight is 502 g/mol. The van der Waals surface area contributed by atoms with Crippen LogP contribution in [0.15, 0.2) is 48.5 Å². The van der Waals surface area contributed by atoms with Crippen molar-refractivity contribution in [2.75, 3.05) is 13.2 Å². The number of rotatable bonds is 8. The summed E-state index contributed by atoms with van der Waals surface area (Å²) in [5.74, 6) is -0.157. The second-order valence-electron chi connectivity index (χ2n) is 9.03. The molecule has 3 N–H and O–H groups in total. The van der Waals surface area contributed by atoms with E-state index in [1.54, 1.807) is 0 Å². The molecule has 3 rings (SSSR count). The van der Waals surface area contributed by atoms with Crippen molar-refractivity contribution >= 4 is 5.91 Å². The topological polar surface area (TPSA) is 64.3 Å². The van der Waals surface area contributed by atoms with Gasteiger partial charge in [-0.2, -0.15) is 26.3 Å². The molecule has 1 heterocycles. The number of alkyl halides is 6. The van der Waals surface area contributed by atoms with Gasteiger partial charge in [0.25, 0.3) is 0 Å². The van der Waals surface area contributed by atoms with Crippen molar-refractivity contribution in [2.45, 2.75) is 56.6 Å². The quantitative estimate of drug-likeness (QED) is 0.438. The lowest BCUT2D eigenvalue weighted by molar-refractivity contribution is -0.143. The summed E-state index contributed by atoms with van der Waals surface area (Å²) < 4.78 is 85.5. The minimum absolute atomic E-state index is 0.0400. The summed E-state index contributed by atoms with van der Waals surface area (Å²) in [5, 5.41) is 3.46. The fraction of sp³-hybridized carbons (Fsp3) is 0.480. The zero-order valence-corrected chi connectivity index (χ0v) is 19.2. The number of carbonyl (C=O) groups is 1. The average Bonchev–Trinajstić information content (AvgIpc) is 2.81. The predicted octanol–water partition coefficient (Wildman–Crippen LogP) is 5.96. The molecule has 1 unspecified atom stereocenters. The minimum Gasteiger partial charge on any atom is -0.372 e. The lowest BCUT2D eigenvalue weighted by Gasteiger charge is -2.42. The molecule has 35 heavy (non-hydrogen) atoms. The van der Waals surface area contributed by atoms with Crippen LogP contribution < -0.4 is 11.1 Å². The van der Waals surface area contributed by atoms with Gasteiger partial charge >= 0.3 is 12.4 Å². The van der Waals surface area contributed by atoms with E-state index in [0.29, 0.717) is 31.5 Å². The Balaban J connectivity index is 1.81. The fourth-order valence-corrected chi connectivity index (χ4v) is 4.36. The second kappa shape index (κ2) is 10.6. The van der Waals surface area contributed by atoms with Crippen LogP contribution in [-0.4, -0.2) is 19.1 Å². The van der Waals surface area contributed by atoms with Crippen molar-refractivity contribution in [3.63, 3.8) is 0 Å². The standard InChI is InChI=1S/C25H28F6N2O2/c1-16(18-11-20(24(26,27)28)13-21(12-18)25(29,30)31)35-15-23(19-5-3-2-4-6-19)10-9-17(14-33-23)7-8-22(32)34/h2-6,11-13,16-17,33H,7-10,14-15H2,1H3,(H2,32,34)/t16-,17?,23-/m1/s1. The molecular weight excluding hydrogens is 474 g/mol. The highest BCUT2D eigenvalue weighted by molar-refractivity contribution is 5.73. The molecule has 10 heteroatoms. The monoisotopic (exact) mass is 502 g/mol. The molecule has 1 amide bonds. The molecule has 0 aromatic heterocycles. The third kappa shape index (κ3) is 6.98. The molecule has 0 radical (unpaired) electrons. The van der Waals surface area contributed by atoms with Crippen LogP contribution in [0.3, 0.4) is 0 Å². The van der Waals surface area contributed by atoms with E-state index in [2.05, 4.69) is 5.32 Å².